The van der Waals surface area contributed by atoms with Gasteiger partial charge in [-0.2, -0.15) is 0 Å². The summed E-state index contributed by atoms with van der Waals surface area (Å²) in [6, 6.07) is 5.39. The van der Waals surface area contributed by atoms with Crippen LogP contribution in [0.25, 0.3) is 11.1 Å². The van der Waals surface area contributed by atoms with Crippen LogP contribution in [0.1, 0.15) is 25.7 Å². The summed E-state index contributed by atoms with van der Waals surface area (Å²) in [5.74, 6) is 3.19. The van der Waals surface area contributed by atoms with E-state index < -0.39 is 0 Å². The minimum absolute atomic E-state index is 0.146. The molecule has 0 atom stereocenters. The average molecular weight is 271 g/mol. The summed E-state index contributed by atoms with van der Waals surface area (Å²) in [5, 5.41) is 5.61. The number of nitrogens with zero attached hydrogens (tertiary/aromatic N) is 1. The van der Waals surface area contributed by atoms with Gasteiger partial charge in [0, 0.05) is 11.6 Å². The van der Waals surface area contributed by atoms with Crippen molar-refractivity contribution in [3.63, 3.8) is 0 Å². The molecule has 1 aromatic carbocycles. The molecule has 2 N–H and O–H groups in total. The lowest BCUT2D eigenvalue weighted by atomic mass is 10.2. The van der Waals surface area contributed by atoms with E-state index in [0.29, 0.717) is 18.1 Å². The first kappa shape index (κ1) is 14.1. The molecule has 0 saturated carbocycles. The minimum Gasteiger partial charge on any atom is -0.440 e. The Kier molecular flexibility index (Phi) is 4.38. The van der Waals surface area contributed by atoms with E-state index in [1.54, 1.807) is 18.2 Å². The second-order valence-electron chi connectivity index (χ2n) is 4.75. The molecule has 2 aromatic rings. The molecule has 0 aliphatic carbocycles. The highest BCUT2D eigenvalue weighted by Gasteiger charge is 2.10. The Balaban J connectivity index is 2.08. The van der Waals surface area contributed by atoms with Gasteiger partial charge in [-0.15, -0.1) is 6.42 Å². The van der Waals surface area contributed by atoms with Crippen molar-refractivity contribution in [2.24, 2.45) is 0 Å². The summed E-state index contributed by atoms with van der Waals surface area (Å²) in [6.07, 6.45) is 5.09. The van der Waals surface area contributed by atoms with Crippen LogP contribution in [-0.4, -0.2) is 24.0 Å². The Bertz CT molecular complexity index is 653. The van der Waals surface area contributed by atoms with Gasteiger partial charge in [-0.3, -0.25) is 10.1 Å². The third kappa shape index (κ3) is 3.37. The quantitative estimate of drug-likeness (QED) is 0.645. The maximum atomic E-state index is 11.7. The number of oxazole rings is 1. The predicted molar refractivity (Wildman–Crippen MR) is 78.4 cm³/mol. The molecule has 0 unspecified atom stereocenters. The van der Waals surface area contributed by atoms with Crippen molar-refractivity contribution in [1.29, 1.82) is 0 Å². The first-order chi connectivity index (χ1) is 9.60. The van der Waals surface area contributed by atoms with Gasteiger partial charge in [-0.25, -0.2) is 4.98 Å². The lowest BCUT2D eigenvalue weighted by Crippen LogP contribution is -2.28. The molecule has 0 saturated heterocycles. The molecule has 0 bridgehead atoms. The van der Waals surface area contributed by atoms with Crippen molar-refractivity contribution >= 4 is 22.7 Å². The standard InChI is InChI=1S/C15H17N3O2/c1-4-7-16-9-14(19)17-11-5-6-13-12(8-11)18-15(20-13)10(2)3/h1,5-6,8,10,16H,7,9H2,2-3H3,(H,17,19). The number of fused-ring (bicyclic) bond motifs is 1. The molecule has 0 fully saturated rings. The molecule has 20 heavy (non-hydrogen) atoms. The third-order valence-corrected chi connectivity index (χ3v) is 2.69. The number of anilines is 1. The molecule has 5 nitrogen and oxygen atoms in total. The molecule has 104 valence electrons. The summed E-state index contributed by atoms with van der Waals surface area (Å²) in [6.45, 7) is 4.58. The fourth-order valence-corrected chi connectivity index (χ4v) is 1.72. The normalized spacial score (nSPS) is 10.7. The molecule has 0 aliphatic rings. The van der Waals surface area contributed by atoms with Crippen LogP contribution in [-0.2, 0) is 4.79 Å². The first-order valence-electron chi connectivity index (χ1n) is 6.44. The number of aromatic nitrogens is 1. The number of terminal acetylenes is 1. The van der Waals surface area contributed by atoms with Gasteiger partial charge in [0.1, 0.15) is 5.52 Å². The lowest BCUT2D eigenvalue weighted by molar-refractivity contribution is -0.115. The van der Waals surface area contributed by atoms with Crippen molar-refractivity contribution in [2.75, 3.05) is 18.4 Å². The van der Waals surface area contributed by atoms with Crippen LogP contribution in [0, 0.1) is 12.3 Å². The van der Waals surface area contributed by atoms with Gasteiger partial charge in [0.25, 0.3) is 0 Å². The smallest absolute Gasteiger partial charge is 0.238 e. The molecule has 0 aliphatic heterocycles. The Hall–Kier alpha value is -2.32. The Labute approximate surface area is 117 Å². The number of carbonyl (C=O) groups excluding carboxylic acids is 1. The van der Waals surface area contributed by atoms with Crippen molar-refractivity contribution < 1.29 is 9.21 Å². The highest BCUT2D eigenvalue weighted by molar-refractivity contribution is 5.94. The van der Waals surface area contributed by atoms with Gasteiger partial charge in [0.2, 0.25) is 5.91 Å². The van der Waals surface area contributed by atoms with Crippen LogP contribution in [0.2, 0.25) is 0 Å². The monoisotopic (exact) mass is 271 g/mol. The van der Waals surface area contributed by atoms with Crippen molar-refractivity contribution in [2.45, 2.75) is 19.8 Å². The van der Waals surface area contributed by atoms with E-state index in [1.807, 2.05) is 13.8 Å². The second-order valence-corrected chi connectivity index (χ2v) is 4.75. The Morgan fingerprint density at radius 2 is 2.30 bits per heavy atom. The SMILES string of the molecule is C#CCNCC(=O)Nc1ccc2oc(C(C)C)nc2c1. The van der Waals surface area contributed by atoms with E-state index in [1.165, 1.54) is 0 Å². The molecule has 1 aromatic heterocycles. The molecule has 1 amide bonds. The molecule has 5 heteroatoms. The van der Waals surface area contributed by atoms with Crippen molar-refractivity contribution in [1.82, 2.24) is 10.3 Å². The summed E-state index contributed by atoms with van der Waals surface area (Å²) in [7, 11) is 0. The van der Waals surface area contributed by atoms with Crippen LogP contribution in [0.15, 0.2) is 22.6 Å². The number of hydrogen-bond donors (Lipinski definition) is 2. The van der Waals surface area contributed by atoms with Gasteiger partial charge in [0.15, 0.2) is 11.5 Å². The predicted octanol–water partition coefficient (Wildman–Crippen LogP) is 2.11. The Morgan fingerprint density at radius 1 is 1.50 bits per heavy atom. The highest BCUT2D eigenvalue weighted by atomic mass is 16.3. The van der Waals surface area contributed by atoms with E-state index in [-0.39, 0.29) is 18.4 Å². The number of benzene rings is 1. The number of hydrogen-bond acceptors (Lipinski definition) is 4. The largest absolute Gasteiger partial charge is 0.440 e. The van der Waals surface area contributed by atoms with Gasteiger partial charge < -0.3 is 9.73 Å². The number of rotatable bonds is 5. The molecule has 0 spiro atoms. The van der Waals surface area contributed by atoms with Gasteiger partial charge >= 0.3 is 0 Å². The topological polar surface area (TPSA) is 67.2 Å². The molecule has 2 rings (SSSR count). The summed E-state index contributed by atoms with van der Waals surface area (Å²) in [4.78, 5) is 16.0. The fraction of sp³-hybridized carbons (Fsp3) is 0.333. The van der Waals surface area contributed by atoms with E-state index >= 15 is 0 Å². The lowest BCUT2D eigenvalue weighted by Gasteiger charge is -2.04. The third-order valence-electron chi connectivity index (χ3n) is 2.69. The minimum atomic E-state index is -0.146. The zero-order valence-electron chi connectivity index (χ0n) is 11.6. The van der Waals surface area contributed by atoms with E-state index in [2.05, 4.69) is 21.5 Å². The first-order valence-corrected chi connectivity index (χ1v) is 6.44. The second kappa shape index (κ2) is 6.22. The molecule has 1 heterocycles. The Morgan fingerprint density at radius 3 is 3.00 bits per heavy atom. The van der Waals surface area contributed by atoms with Crippen molar-refractivity contribution in [3.8, 4) is 12.3 Å². The van der Waals surface area contributed by atoms with Gasteiger partial charge in [0.05, 0.1) is 13.1 Å². The summed E-state index contributed by atoms with van der Waals surface area (Å²) in [5.41, 5.74) is 2.15. The van der Waals surface area contributed by atoms with Crippen LogP contribution < -0.4 is 10.6 Å². The highest BCUT2D eigenvalue weighted by Crippen LogP contribution is 2.23. The van der Waals surface area contributed by atoms with E-state index in [0.717, 1.165) is 11.1 Å². The average Bonchev–Trinajstić information content (AvgIpc) is 2.82. The maximum Gasteiger partial charge on any atom is 0.238 e. The van der Waals surface area contributed by atoms with Gasteiger partial charge in [-0.05, 0) is 18.2 Å². The molecule has 0 radical (unpaired) electrons. The van der Waals surface area contributed by atoms with Crippen LogP contribution in [0.5, 0.6) is 0 Å². The number of amides is 1. The zero-order chi connectivity index (χ0) is 14.5. The van der Waals surface area contributed by atoms with E-state index in [4.69, 9.17) is 10.8 Å². The zero-order valence-corrected chi connectivity index (χ0v) is 11.6. The van der Waals surface area contributed by atoms with Crippen molar-refractivity contribution in [3.05, 3.63) is 24.1 Å². The van der Waals surface area contributed by atoms with E-state index in [9.17, 15) is 4.79 Å². The summed E-state index contributed by atoms with van der Waals surface area (Å²) >= 11 is 0. The maximum absolute atomic E-state index is 11.7. The molecular weight excluding hydrogens is 254 g/mol. The van der Waals surface area contributed by atoms with Crippen LogP contribution in [0.4, 0.5) is 5.69 Å². The van der Waals surface area contributed by atoms with Crippen LogP contribution >= 0.6 is 0 Å². The van der Waals surface area contributed by atoms with Gasteiger partial charge in [-0.1, -0.05) is 19.8 Å². The summed E-state index contributed by atoms with van der Waals surface area (Å²) < 4.78 is 5.61. The fourth-order valence-electron chi connectivity index (χ4n) is 1.72. The van der Waals surface area contributed by atoms with Crippen LogP contribution in [0.3, 0.4) is 0 Å². The number of carbonyl (C=O) groups is 1. The molecular formula is C15H17N3O2. The number of nitrogens with one attached hydrogen (secondary N) is 2.